The van der Waals surface area contributed by atoms with Crippen molar-refractivity contribution >= 4 is 35.0 Å². The van der Waals surface area contributed by atoms with Crippen LogP contribution in [0.15, 0.2) is 42.5 Å². The van der Waals surface area contributed by atoms with Crippen molar-refractivity contribution < 1.29 is 14.3 Å². The highest BCUT2D eigenvalue weighted by molar-refractivity contribution is 6.31. The lowest BCUT2D eigenvalue weighted by Crippen LogP contribution is -2.50. The number of ether oxygens (including phenoxy) is 1. The zero-order valence-electron chi connectivity index (χ0n) is 17.9. The van der Waals surface area contributed by atoms with E-state index >= 15 is 0 Å². The van der Waals surface area contributed by atoms with Crippen molar-refractivity contribution in [2.24, 2.45) is 0 Å². The molecule has 0 spiro atoms. The molecule has 1 fully saturated rings. The first-order chi connectivity index (χ1) is 14.8. The normalized spacial score (nSPS) is 14.8. The first-order valence-electron chi connectivity index (χ1n) is 10.6. The Morgan fingerprint density at radius 2 is 1.90 bits per heavy atom. The SMILES string of the molecule is Cc1cc(OCC(=O)N(Cc2cccc(Cl)c2)[C@H](C)C(=O)NC2CCCC2)ccc1Cl. The summed E-state index contributed by atoms with van der Waals surface area (Å²) >= 11 is 12.2. The van der Waals surface area contributed by atoms with Crippen LogP contribution < -0.4 is 10.1 Å². The Labute approximate surface area is 193 Å². The minimum absolute atomic E-state index is 0.149. The smallest absolute Gasteiger partial charge is 0.261 e. The summed E-state index contributed by atoms with van der Waals surface area (Å²) < 4.78 is 5.70. The maximum atomic E-state index is 13.1. The molecule has 1 N–H and O–H groups in total. The second-order valence-corrected chi connectivity index (χ2v) is 8.86. The fourth-order valence-corrected chi connectivity index (χ4v) is 4.07. The molecule has 0 radical (unpaired) electrons. The van der Waals surface area contributed by atoms with Gasteiger partial charge in [0.15, 0.2) is 6.61 Å². The quantitative estimate of drug-likeness (QED) is 0.589. The van der Waals surface area contributed by atoms with Gasteiger partial charge >= 0.3 is 0 Å². The van der Waals surface area contributed by atoms with Gasteiger partial charge in [0.2, 0.25) is 5.91 Å². The maximum Gasteiger partial charge on any atom is 0.261 e. The van der Waals surface area contributed by atoms with Crippen molar-refractivity contribution in [1.82, 2.24) is 10.2 Å². The lowest BCUT2D eigenvalue weighted by molar-refractivity contribution is -0.142. The van der Waals surface area contributed by atoms with Gasteiger partial charge in [0.1, 0.15) is 11.8 Å². The van der Waals surface area contributed by atoms with E-state index in [-0.39, 0.29) is 31.0 Å². The number of rotatable bonds is 8. The van der Waals surface area contributed by atoms with Crippen LogP contribution in [0.5, 0.6) is 5.75 Å². The molecule has 2 aromatic rings. The van der Waals surface area contributed by atoms with Crippen molar-refractivity contribution in [3.63, 3.8) is 0 Å². The van der Waals surface area contributed by atoms with Crippen LogP contribution >= 0.6 is 23.2 Å². The highest BCUT2D eigenvalue weighted by Crippen LogP contribution is 2.22. The second kappa shape index (κ2) is 10.9. The molecule has 0 aromatic heterocycles. The summed E-state index contributed by atoms with van der Waals surface area (Å²) in [5, 5.41) is 4.31. The van der Waals surface area contributed by atoms with E-state index in [4.69, 9.17) is 27.9 Å². The Hall–Kier alpha value is -2.24. The van der Waals surface area contributed by atoms with Crippen LogP contribution in [0.1, 0.15) is 43.7 Å². The second-order valence-electron chi connectivity index (χ2n) is 8.02. The van der Waals surface area contributed by atoms with E-state index in [1.165, 1.54) is 0 Å². The third-order valence-corrected chi connectivity index (χ3v) is 6.26. The number of carbonyl (C=O) groups is 2. The van der Waals surface area contributed by atoms with Crippen LogP contribution in [-0.2, 0) is 16.1 Å². The van der Waals surface area contributed by atoms with Crippen LogP contribution in [0.4, 0.5) is 0 Å². The van der Waals surface area contributed by atoms with Crippen molar-refractivity contribution in [3.05, 3.63) is 63.6 Å². The van der Waals surface area contributed by atoms with Gasteiger partial charge in [-0.3, -0.25) is 9.59 Å². The Morgan fingerprint density at radius 1 is 1.16 bits per heavy atom. The van der Waals surface area contributed by atoms with E-state index in [0.717, 1.165) is 36.8 Å². The molecule has 31 heavy (non-hydrogen) atoms. The maximum absolute atomic E-state index is 13.1. The van der Waals surface area contributed by atoms with Crippen LogP contribution in [0.25, 0.3) is 0 Å². The van der Waals surface area contributed by atoms with Gasteiger partial charge in [-0.2, -0.15) is 0 Å². The summed E-state index contributed by atoms with van der Waals surface area (Å²) in [5.41, 5.74) is 1.72. The fraction of sp³-hybridized carbons (Fsp3) is 0.417. The monoisotopic (exact) mass is 462 g/mol. The van der Waals surface area contributed by atoms with Crippen LogP contribution in [0, 0.1) is 6.92 Å². The molecule has 0 unspecified atom stereocenters. The van der Waals surface area contributed by atoms with Crippen molar-refractivity contribution in [2.75, 3.05) is 6.61 Å². The Balaban J connectivity index is 1.72. The first kappa shape index (κ1) is 23.4. The third-order valence-electron chi connectivity index (χ3n) is 5.60. The van der Waals surface area contributed by atoms with Crippen LogP contribution in [0.2, 0.25) is 10.0 Å². The van der Waals surface area contributed by atoms with Crippen molar-refractivity contribution in [3.8, 4) is 5.75 Å². The lowest BCUT2D eigenvalue weighted by atomic mass is 10.1. The molecule has 5 nitrogen and oxygen atoms in total. The zero-order chi connectivity index (χ0) is 22.4. The van der Waals surface area contributed by atoms with Gasteiger partial charge in [0.05, 0.1) is 0 Å². The molecule has 2 aromatic carbocycles. The third kappa shape index (κ3) is 6.62. The van der Waals surface area contributed by atoms with E-state index < -0.39 is 6.04 Å². The van der Waals surface area contributed by atoms with Gasteiger partial charge < -0.3 is 15.0 Å². The summed E-state index contributed by atoms with van der Waals surface area (Å²) in [6.45, 7) is 3.71. The molecule has 0 heterocycles. The molecule has 1 aliphatic rings. The molecule has 0 aliphatic heterocycles. The molecule has 1 atom stereocenters. The Kier molecular flexibility index (Phi) is 8.22. The summed E-state index contributed by atoms with van der Waals surface area (Å²) in [6.07, 6.45) is 4.22. The summed E-state index contributed by atoms with van der Waals surface area (Å²) in [5.74, 6) is 0.132. The molecular weight excluding hydrogens is 435 g/mol. The van der Waals surface area contributed by atoms with E-state index in [2.05, 4.69) is 5.32 Å². The zero-order valence-corrected chi connectivity index (χ0v) is 19.4. The number of hydrogen-bond acceptors (Lipinski definition) is 3. The van der Waals surface area contributed by atoms with Gasteiger partial charge in [-0.25, -0.2) is 0 Å². The number of amides is 2. The number of halogens is 2. The summed E-state index contributed by atoms with van der Waals surface area (Å²) in [4.78, 5) is 27.5. The molecule has 1 aliphatic carbocycles. The number of aryl methyl sites for hydroxylation is 1. The van der Waals surface area contributed by atoms with Crippen LogP contribution in [-0.4, -0.2) is 35.4 Å². The highest BCUT2D eigenvalue weighted by Gasteiger charge is 2.28. The number of carbonyl (C=O) groups excluding carboxylic acids is 2. The predicted molar refractivity (Wildman–Crippen MR) is 124 cm³/mol. The minimum Gasteiger partial charge on any atom is -0.484 e. The number of hydrogen-bond donors (Lipinski definition) is 1. The molecule has 0 saturated heterocycles. The summed E-state index contributed by atoms with van der Waals surface area (Å²) in [6, 6.07) is 12.1. The largest absolute Gasteiger partial charge is 0.484 e. The Bertz CT molecular complexity index is 929. The van der Waals surface area contributed by atoms with Gasteiger partial charge in [-0.15, -0.1) is 0 Å². The van der Waals surface area contributed by atoms with E-state index in [1.54, 1.807) is 42.2 Å². The van der Waals surface area contributed by atoms with Gasteiger partial charge in [-0.05, 0) is 68.1 Å². The van der Waals surface area contributed by atoms with Gasteiger partial charge in [0, 0.05) is 22.6 Å². The average molecular weight is 463 g/mol. The highest BCUT2D eigenvalue weighted by atomic mass is 35.5. The minimum atomic E-state index is -0.636. The van der Waals surface area contributed by atoms with E-state index in [1.807, 2.05) is 19.1 Å². The Morgan fingerprint density at radius 3 is 2.58 bits per heavy atom. The van der Waals surface area contributed by atoms with Gasteiger partial charge in [-0.1, -0.05) is 48.2 Å². The topological polar surface area (TPSA) is 58.6 Å². The number of nitrogens with zero attached hydrogens (tertiary/aromatic N) is 1. The molecule has 2 amide bonds. The standard InChI is InChI=1S/C24H28Cl2N2O3/c1-16-12-21(10-11-22(16)26)31-15-23(29)28(14-18-6-5-7-19(25)13-18)17(2)24(30)27-20-8-3-4-9-20/h5-7,10-13,17,20H,3-4,8-9,14-15H2,1-2H3,(H,27,30)/t17-/m1/s1. The molecule has 7 heteroatoms. The fourth-order valence-electron chi connectivity index (χ4n) is 3.74. The van der Waals surface area contributed by atoms with Crippen molar-refractivity contribution in [1.29, 1.82) is 0 Å². The molecular formula is C24H28Cl2N2O3. The number of nitrogens with one attached hydrogen (secondary N) is 1. The molecule has 1 saturated carbocycles. The van der Waals surface area contributed by atoms with Crippen LogP contribution in [0.3, 0.4) is 0 Å². The number of benzene rings is 2. The predicted octanol–water partition coefficient (Wildman–Crippen LogP) is 5.16. The molecule has 3 rings (SSSR count). The van der Waals surface area contributed by atoms with Gasteiger partial charge in [0.25, 0.3) is 5.91 Å². The average Bonchev–Trinajstić information content (AvgIpc) is 3.25. The van der Waals surface area contributed by atoms with E-state index in [0.29, 0.717) is 15.8 Å². The van der Waals surface area contributed by atoms with E-state index in [9.17, 15) is 9.59 Å². The first-order valence-corrected chi connectivity index (χ1v) is 11.3. The molecule has 166 valence electrons. The summed E-state index contributed by atoms with van der Waals surface area (Å²) in [7, 11) is 0. The van der Waals surface area contributed by atoms with Crippen molar-refractivity contribution in [2.45, 2.75) is 58.2 Å². The lowest BCUT2D eigenvalue weighted by Gasteiger charge is -2.29. The molecule has 0 bridgehead atoms.